The number of carbonyl (C=O) groups excluding carboxylic acids is 3. The topological polar surface area (TPSA) is 84.5 Å². The Hall–Kier alpha value is -2.37. The van der Waals surface area contributed by atoms with E-state index in [4.69, 9.17) is 4.74 Å². The molecular weight excluding hydrogens is 272 g/mol. The van der Waals surface area contributed by atoms with E-state index in [9.17, 15) is 14.4 Å². The molecule has 0 aromatic heterocycles. The van der Waals surface area contributed by atoms with E-state index in [1.165, 1.54) is 6.92 Å². The van der Waals surface area contributed by atoms with E-state index in [2.05, 4.69) is 10.6 Å². The van der Waals surface area contributed by atoms with Gasteiger partial charge in [-0.2, -0.15) is 0 Å². The summed E-state index contributed by atoms with van der Waals surface area (Å²) in [5.41, 5.74) is 0.860. The highest BCUT2D eigenvalue weighted by atomic mass is 16.5. The van der Waals surface area contributed by atoms with Gasteiger partial charge in [-0.05, 0) is 19.4 Å². The summed E-state index contributed by atoms with van der Waals surface area (Å²) in [6.45, 7) is 3.47. The molecule has 0 aliphatic rings. The van der Waals surface area contributed by atoms with Crippen molar-refractivity contribution in [2.75, 3.05) is 13.1 Å². The monoisotopic (exact) mass is 292 g/mol. The molecule has 0 bridgehead atoms. The predicted octanol–water partition coefficient (Wildman–Crippen LogP) is 0.413. The van der Waals surface area contributed by atoms with Crippen LogP contribution in [-0.2, 0) is 25.5 Å². The van der Waals surface area contributed by atoms with Crippen molar-refractivity contribution in [1.82, 2.24) is 10.6 Å². The molecule has 6 nitrogen and oxygen atoms in total. The Morgan fingerprint density at radius 3 is 2.43 bits per heavy atom. The van der Waals surface area contributed by atoms with Gasteiger partial charge in [0.2, 0.25) is 5.91 Å². The van der Waals surface area contributed by atoms with Crippen LogP contribution >= 0.6 is 0 Å². The lowest BCUT2D eigenvalue weighted by Gasteiger charge is -2.13. The number of benzene rings is 1. The molecule has 2 N–H and O–H groups in total. The van der Waals surface area contributed by atoms with Gasteiger partial charge in [-0.1, -0.05) is 30.3 Å². The molecule has 2 amide bonds. The van der Waals surface area contributed by atoms with Gasteiger partial charge < -0.3 is 15.4 Å². The van der Waals surface area contributed by atoms with Crippen LogP contribution < -0.4 is 10.6 Å². The van der Waals surface area contributed by atoms with Gasteiger partial charge in [0, 0.05) is 6.54 Å². The number of hydrogen-bond donors (Lipinski definition) is 2. The lowest BCUT2D eigenvalue weighted by atomic mass is 10.1. The number of likely N-dealkylation sites (N-methyl/N-ethyl adjacent to an activating group) is 1. The first kappa shape index (κ1) is 16.7. The van der Waals surface area contributed by atoms with Gasteiger partial charge >= 0.3 is 5.97 Å². The second-order valence-electron chi connectivity index (χ2n) is 4.47. The molecule has 0 aliphatic carbocycles. The quantitative estimate of drug-likeness (QED) is 0.713. The molecule has 0 unspecified atom stereocenters. The van der Waals surface area contributed by atoms with Gasteiger partial charge in [-0.25, -0.2) is 0 Å². The molecule has 0 saturated heterocycles. The van der Waals surface area contributed by atoms with Gasteiger partial charge in [-0.15, -0.1) is 0 Å². The Labute approximate surface area is 123 Å². The van der Waals surface area contributed by atoms with Crippen LogP contribution in [0.2, 0.25) is 0 Å². The lowest BCUT2D eigenvalue weighted by Crippen LogP contribution is -2.38. The van der Waals surface area contributed by atoms with Crippen molar-refractivity contribution in [2.45, 2.75) is 26.4 Å². The van der Waals surface area contributed by atoms with Crippen LogP contribution in [0.15, 0.2) is 30.3 Å². The summed E-state index contributed by atoms with van der Waals surface area (Å²) in [5, 5.41) is 5.01. The van der Waals surface area contributed by atoms with Gasteiger partial charge in [0.25, 0.3) is 5.91 Å². The molecule has 0 saturated carbocycles. The van der Waals surface area contributed by atoms with Crippen molar-refractivity contribution < 1.29 is 19.1 Å². The number of rotatable bonds is 7. The van der Waals surface area contributed by atoms with Crippen molar-refractivity contribution in [3.63, 3.8) is 0 Å². The highest BCUT2D eigenvalue weighted by Gasteiger charge is 2.17. The maximum absolute atomic E-state index is 11.6. The van der Waals surface area contributed by atoms with Crippen molar-refractivity contribution in [3.8, 4) is 0 Å². The van der Waals surface area contributed by atoms with Gasteiger partial charge in [0.15, 0.2) is 6.10 Å². The van der Waals surface area contributed by atoms with Crippen molar-refractivity contribution in [1.29, 1.82) is 0 Å². The first-order valence-electron chi connectivity index (χ1n) is 6.80. The van der Waals surface area contributed by atoms with Gasteiger partial charge in [-0.3, -0.25) is 14.4 Å². The van der Waals surface area contributed by atoms with Crippen molar-refractivity contribution in [3.05, 3.63) is 35.9 Å². The van der Waals surface area contributed by atoms with Crippen LogP contribution in [0.25, 0.3) is 0 Å². The van der Waals surface area contributed by atoms with E-state index < -0.39 is 12.1 Å². The Morgan fingerprint density at radius 1 is 1.14 bits per heavy atom. The fourth-order valence-corrected chi connectivity index (χ4v) is 1.62. The maximum atomic E-state index is 11.6. The number of nitrogens with one attached hydrogen (secondary N) is 2. The number of amides is 2. The second kappa shape index (κ2) is 8.73. The van der Waals surface area contributed by atoms with Crippen LogP contribution in [-0.4, -0.2) is 37.0 Å². The summed E-state index contributed by atoms with van der Waals surface area (Å²) in [4.78, 5) is 34.5. The molecule has 0 heterocycles. The zero-order chi connectivity index (χ0) is 15.7. The fourth-order valence-electron chi connectivity index (χ4n) is 1.62. The molecule has 6 heteroatoms. The molecule has 21 heavy (non-hydrogen) atoms. The zero-order valence-electron chi connectivity index (χ0n) is 12.2. The van der Waals surface area contributed by atoms with Gasteiger partial charge in [0.05, 0.1) is 6.42 Å². The average Bonchev–Trinajstić information content (AvgIpc) is 2.46. The minimum absolute atomic E-state index is 0.194. The van der Waals surface area contributed by atoms with Crippen LogP contribution in [0.4, 0.5) is 0 Å². The first-order chi connectivity index (χ1) is 10.0. The molecule has 1 rings (SSSR count). The predicted molar refractivity (Wildman–Crippen MR) is 77.4 cm³/mol. The summed E-state index contributed by atoms with van der Waals surface area (Å²) in [6.07, 6.45) is -0.677. The molecule has 1 aromatic carbocycles. The molecule has 0 spiro atoms. The number of ether oxygens (including phenoxy) is 1. The molecular formula is C15H20N2O4. The van der Waals surface area contributed by atoms with Crippen molar-refractivity contribution in [2.24, 2.45) is 0 Å². The molecule has 1 aromatic rings. The Balaban J connectivity index is 2.29. The van der Waals surface area contributed by atoms with E-state index in [0.717, 1.165) is 5.56 Å². The second-order valence-corrected chi connectivity index (χ2v) is 4.47. The summed E-state index contributed by atoms with van der Waals surface area (Å²) in [7, 11) is 0. The molecule has 114 valence electrons. The minimum Gasteiger partial charge on any atom is -0.451 e. The van der Waals surface area contributed by atoms with Crippen molar-refractivity contribution >= 4 is 17.8 Å². The minimum atomic E-state index is -0.872. The third kappa shape index (κ3) is 6.56. The molecule has 0 aliphatic heterocycles. The number of carbonyl (C=O) groups is 3. The van der Waals surface area contributed by atoms with E-state index in [-0.39, 0.29) is 24.8 Å². The third-order valence-electron chi connectivity index (χ3n) is 2.67. The average molecular weight is 292 g/mol. The first-order valence-corrected chi connectivity index (χ1v) is 6.80. The number of esters is 1. The highest BCUT2D eigenvalue weighted by Crippen LogP contribution is 1.99. The van der Waals surface area contributed by atoms with Gasteiger partial charge in [0.1, 0.15) is 6.54 Å². The molecule has 1 atom stereocenters. The smallest absolute Gasteiger partial charge is 0.326 e. The fraction of sp³-hybridized carbons (Fsp3) is 0.400. The highest BCUT2D eigenvalue weighted by molar-refractivity contribution is 5.86. The van der Waals surface area contributed by atoms with E-state index >= 15 is 0 Å². The van der Waals surface area contributed by atoms with Crippen LogP contribution in [0, 0.1) is 0 Å². The van der Waals surface area contributed by atoms with E-state index in [1.807, 2.05) is 30.3 Å². The summed E-state index contributed by atoms with van der Waals surface area (Å²) >= 11 is 0. The summed E-state index contributed by atoms with van der Waals surface area (Å²) in [6, 6.07) is 9.20. The maximum Gasteiger partial charge on any atom is 0.326 e. The van der Waals surface area contributed by atoms with Crippen LogP contribution in [0.3, 0.4) is 0 Å². The molecule has 0 fully saturated rings. The van der Waals surface area contributed by atoms with E-state index in [1.54, 1.807) is 6.92 Å². The summed E-state index contributed by atoms with van der Waals surface area (Å²) in [5.74, 6) is -1.28. The molecule has 0 radical (unpaired) electrons. The Kier molecular flexibility index (Phi) is 6.94. The SMILES string of the molecule is CCNC(=O)[C@H](C)OC(=O)CNC(=O)Cc1ccccc1. The standard InChI is InChI=1S/C15H20N2O4/c1-3-16-15(20)11(2)21-14(19)10-17-13(18)9-12-7-5-4-6-8-12/h4-8,11H,3,9-10H2,1-2H3,(H,16,20)(H,17,18)/t11-/m0/s1. The van der Waals surface area contributed by atoms with Crippen LogP contribution in [0.5, 0.6) is 0 Å². The lowest BCUT2D eigenvalue weighted by molar-refractivity contribution is -0.154. The third-order valence-corrected chi connectivity index (χ3v) is 2.67. The number of hydrogen-bond acceptors (Lipinski definition) is 4. The van der Waals surface area contributed by atoms with Crippen LogP contribution in [0.1, 0.15) is 19.4 Å². The Bertz CT molecular complexity index is 488. The summed E-state index contributed by atoms with van der Waals surface area (Å²) < 4.78 is 4.90. The largest absolute Gasteiger partial charge is 0.451 e. The zero-order valence-corrected chi connectivity index (χ0v) is 12.2. The Morgan fingerprint density at radius 2 is 1.81 bits per heavy atom. The normalized spacial score (nSPS) is 11.3. The van der Waals surface area contributed by atoms with E-state index in [0.29, 0.717) is 6.54 Å².